The predicted molar refractivity (Wildman–Crippen MR) is 43.4 cm³/mol. The second-order valence-corrected chi connectivity index (χ2v) is 2.90. The first-order valence-electron chi connectivity index (χ1n) is 2.74. The summed E-state index contributed by atoms with van der Waals surface area (Å²) in [5.41, 5.74) is 1.04. The Bertz CT molecular complexity index is 398. The molecule has 11 heavy (non-hydrogen) atoms. The van der Waals surface area contributed by atoms with Crippen LogP contribution in [0.1, 0.15) is 0 Å². The van der Waals surface area contributed by atoms with Gasteiger partial charge in [-0.25, -0.2) is 4.98 Å². The Balaban J connectivity index is 2.90. The van der Waals surface area contributed by atoms with Crippen LogP contribution < -0.4 is 4.98 Å². The molecule has 0 radical (unpaired) electrons. The summed E-state index contributed by atoms with van der Waals surface area (Å²) in [6.45, 7) is 0. The molecule has 2 aromatic rings. The van der Waals surface area contributed by atoms with Gasteiger partial charge in [0, 0.05) is 17.5 Å². The summed E-state index contributed by atoms with van der Waals surface area (Å²) >= 11 is 8.81. The molecule has 6 heteroatoms. The SMILES string of the molecule is Clc1ncnc2[n-]c(Br)nc12. The van der Waals surface area contributed by atoms with Crippen LogP contribution >= 0.6 is 27.5 Å². The smallest absolute Gasteiger partial charge is 0.140 e. The molecule has 0 N–H and O–H groups in total. The van der Waals surface area contributed by atoms with E-state index in [1.165, 1.54) is 6.33 Å². The average molecular weight is 232 g/mol. The monoisotopic (exact) mass is 231 g/mol. The van der Waals surface area contributed by atoms with Gasteiger partial charge in [-0.1, -0.05) is 11.6 Å². The molecule has 2 rings (SSSR count). The maximum atomic E-state index is 5.70. The van der Waals surface area contributed by atoms with Gasteiger partial charge in [-0.3, -0.25) is 0 Å². The minimum Gasteiger partial charge on any atom is -0.351 e. The highest BCUT2D eigenvalue weighted by Gasteiger charge is 1.96. The van der Waals surface area contributed by atoms with Crippen molar-refractivity contribution >= 4 is 38.7 Å². The first kappa shape index (κ1) is 7.00. The van der Waals surface area contributed by atoms with Crippen LogP contribution in [0.15, 0.2) is 11.1 Å². The lowest BCUT2D eigenvalue weighted by Gasteiger charge is -1.94. The zero-order valence-electron chi connectivity index (χ0n) is 5.12. The van der Waals surface area contributed by atoms with Crippen molar-refractivity contribution in [2.45, 2.75) is 0 Å². The van der Waals surface area contributed by atoms with Gasteiger partial charge in [-0.2, -0.15) is 0 Å². The number of rotatable bonds is 0. The van der Waals surface area contributed by atoms with Crippen molar-refractivity contribution in [3.8, 4) is 0 Å². The third-order valence-electron chi connectivity index (χ3n) is 1.16. The van der Waals surface area contributed by atoms with Gasteiger partial charge in [-0.15, -0.1) is 0 Å². The molecule has 0 aliphatic heterocycles. The molecule has 0 atom stereocenters. The van der Waals surface area contributed by atoms with E-state index in [9.17, 15) is 0 Å². The van der Waals surface area contributed by atoms with Crippen LogP contribution in [-0.2, 0) is 0 Å². The molecular weight excluding hydrogens is 231 g/mol. The van der Waals surface area contributed by atoms with Gasteiger partial charge in [0.05, 0.1) is 4.73 Å². The summed E-state index contributed by atoms with van der Waals surface area (Å²) in [5, 5.41) is 0.327. The molecule has 0 spiro atoms. The zero-order valence-corrected chi connectivity index (χ0v) is 7.46. The quantitative estimate of drug-likeness (QED) is 0.509. The van der Waals surface area contributed by atoms with Gasteiger partial charge < -0.3 is 15.0 Å². The number of nitrogens with zero attached hydrogens (tertiary/aromatic N) is 4. The van der Waals surface area contributed by atoms with Gasteiger partial charge in [0.2, 0.25) is 0 Å². The Kier molecular flexibility index (Phi) is 1.54. The Morgan fingerprint density at radius 2 is 2.27 bits per heavy atom. The summed E-state index contributed by atoms with van der Waals surface area (Å²) in [4.78, 5) is 15.5. The second-order valence-electron chi connectivity index (χ2n) is 1.83. The average Bonchev–Trinajstić information content (AvgIpc) is 2.31. The van der Waals surface area contributed by atoms with E-state index in [4.69, 9.17) is 11.6 Å². The maximum Gasteiger partial charge on any atom is 0.140 e. The molecular formula is C5HBrClN4-. The summed E-state index contributed by atoms with van der Waals surface area (Å²) in [7, 11) is 0. The van der Waals surface area contributed by atoms with E-state index in [2.05, 4.69) is 35.9 Å². The molecule has 56 valence electrons. The molecule has 0 bridgehead atoms. The molecule has 0 unspecified atom stereocenters. The molecule has 0 fully saturated rings. The summed E-state index contributed by atoms with van der Waals surface area (Å²) < 4.78 is 0.481. The van der Waals surface area contributed by atoms with Gasteiger partial charge in [0.1, 0.15) is 5.15 Å². The van der Waals surface area contributed by atoms with Crippen LogP contribution in [0, 0.1) is 0 Å². The van der Waals surface area contributed by atoms with Gasteiger partial charge in [-0.05, 0) is 15.9 Å². The number of imidazole rings is 1. The predicted octanol–water partition coefficient (Wildman–Crippen LogP) is 1.40. The number of aromatic nitrogens is 4. The molecule has 0 saturated heterocycles. The molecule has 0 aliphatic rings. The van der Waals surface area contributed by atoms with Crippen molar-refractivity contribution in [1.29, 1.82) is 0 Å². The minimum atomic E-state index is 0.327. The number of hydrogen-bond donors (Lipinski definition) is 0. The van der Waals surface area contributed by atoms with Gasteiger partial charge in [0.25, 0.3) is 0 Å². The van der Waals surface area contributed by atoms with Crippen molar-refractivity contribution in [3.63, 3.8) is 0 Å². The van der Waals surface area contributed by atoms with E-state index < -0.39 is 0 Å². The highest BCUT2D eigenvalue weighted by Crippen LogP contribution is 2.17. The lowest BCUT2D eigenvalue weighted by atomic mass is 10.6. The molecule has 0 aromatic carbocycles. The first-order chi connectivity index (χ1) is 5.27. The Morgan fingerprint density at radius 3 is 3.00 bits per heavy atom. The summed E-state index contributed by atoms with van der Waals surface area (Å²) in [5.74, 6) is 0. The van der Waals surface area contributed by atoms with Crippen molar-refractivity contribution in [2.75, 3.05) is 0 Å². The van der Waals surface area contributed by atoms with Crippen LogP contribution in [0.2, 0.25) is 5.15 Å². The van der Waals surface area contributed by atoms with Crippen molar-refractivity contribution in [3.05, 3.63) is 16.2 Å². The maximum absolute atomic E-state index is 5.70. The standard InChI is InChI=1S/C5HBrClN4/c6-5-10-2-3(7)8-1-9-4(2)11-5/h1H/q-1. The van der Waals surface area contributed by atoms with E-state index in [-0.39, 0.29) is 0 Å². The van der Waals surface area contributed by atoms with E-state index in [0.717, 1.165) is 0 Å². The van der Waals surface area contributed by atoms with Crippen molar-refractivity contribution in [1.82, 2.24) is 19.9 Å². The first-order valence-corrected chi connectivity index (χ1v) is 3.91. The summed E-state index contributed by atoms with van der Waals surface area (Å²) in [6.07, 6.45) is 1.35. The third-order valence-corrected chi connectivity index (χ3v) is 1.79. The van der Waals surface area contributed by atoms with Crippen molar-refractivity contribution in [2.24, 2.45) is 0 Å². The van der Waals surface area contributed by atoms with Gasteiger partial charge >= 0.3 is 0 Å². The lowest BCUT2D eigenvalue weighted by molar-refractivity contribution is 1.18. The van der Waals surface area contributed by atoms with Crippen LogP contribution in [0.3, 0.4) is 0 Å². The zero-order chi connectivity index (χ0) is 7.84. The second kappa shape index (κ2) is 2.42. The van der Waals surface area contributed by atoms with Gasteiger partial charge in [0.15, 0.2) is 0 Å². The molecule has 2 aromatic heterocycles. The van der Waals surface area contributed by atoms with Crippen LogP contribution in [0.4, 0.5) is 0 Å². The third kappa shape index (κ3) is 1.10. The molecule has 0 aliphatic carbocycles. The Hall–Kier alpha value is -0.680. The fourth-order valence-corrected chi connectivity index (χ4v) is 1.25. The number of hydrogen-bond acceptors (Lipinski definition) is 3. The van der Waals surface area contributed by atoms with E-state index in [1.54, 1.807) is 0 Å². The topological polar surface area (TPSA) is 52.8 Å². The van der Waals surface area contributed by atoms with Crippen LogP contribution in [0.5, 0.6) is 0 Å². The van der Waals surface area contributed by atoms with E-state index in [1.807, 2.05) is 0 Å². The number of fused-ring (bicyclic) bond motifs is 1. The molecule has 2 heterocycles. The molecule has 0 saturated carbocycles. The normalized spacial score (nSPS) is 10.7. The minimum absolute atomic E-state index is 0.327. The highest BCUT2D eigenvalue weighted by molar-refractivity contribution is 9.10. The van der Waals surface area contributed by atoms with Crippen molar-refractivity contribution < 1.29 is 0 Å². The molecule has 0 amide bonds. The Labute approximate surface area is 75.2 Å². The highest BCUT2D eigenvalue weighted by atomic mass is 79.9. The lowest BCUT2D eigenvalue weighted by Crippen LogP contribution is -1.81. The fourth-order valence-electron chi connectivity index (χ4n) is 0.731. The molecule has 4 nitrogen and oxygen atoms in total. The van der Waals surface area contributed by atoms with E-state index >= 15 is 0 Å². The number of halogens is 2. The summed E-state index contributed by atoms with van der Waals surface area (Å²) in [6, 6.07) is 0. The van der Waals surface area contributed by atoms with Crippen LogP contribution in [0.25, 0.3) is 11.2 Å². The fraction of sp³-hybridized carbons (Fsp3) is 0. The van der Waals surface area contributed by atoms with E-state index in [0.29, 0.717) is 21.1 Å². The Morgan fingerprint density at radius 1 is 1.45 bits per heavy atom. The largest absolute Gasteiger partial charge is 0.351 e. The van der Waals surface area contributed by atoms with Crippen LogP contribution in [-0.4, -0.2) is 15.0 Å².